The van der Waals surface area contributed by atoms with Crippen molar-refractivity contribution in [3.05, 3.63) is 64.8 Å². The van der Waals surface area contributed by atoms with Crippen LogP contribution in [-0.2, 0) is 14.3 Å². The molecule has 0 aliphatic carbocycles. The molecule has 1 fully saturated rings. The number of amides is 2. The number of imide groups is 1. The van der Waals surface area contributed by atoms with E-state index >= 15 is 0 Å². The number of hydrogen-bond acceptors (Lipinski definition) is 5. The minimum Gasteiger partial charge on any atom is -0.497 e. The summed E-state index contributed by atoms with van der Waals surface area (Å²) in [7, 11) is 1.58. The summed E-state index contributed by atoms with van der Waals surface area (Å²) >= 11 is 6.13. The number of rotatable bonds is 4. The zero-order chi connectivity index (χ0) is 21.4. The largest absolute Gasteiger partial charge is 0.497 e. The van der Waals surface area contributed by atoms with Crippen molar-refractivity contribution in [2.75, 3.05) is 25.1 Å². The first kappa shape index (κ1) is 20.4. The third-order valence-electron chi connectivity index (χ3n) is 5.24. The molecule has 0 radical (unpaired) electrons. The van der Waals surface area contributed by atoms with Crippen molar-refractivity contribution in [2.45, 2.75) is 26.1 Å². The molecule has 7 heteroatoms. The van der Waals surface area contributed by atoms with Crippen LogP contribution in [0, 0.1) is 0 Å². The van der Waals surface area contributed by atoms with Crippen LogP contribution in [0.25, 0.3) is 5.57 Å². The molecule has 2 aliphatic rings. The molecule has 4 rings (SSSR count). The molecule has 2 aromatic carbocycles. The maximum absolute atomic E-state index is 13.5. The molecule has 30 heavy (non-hydrogen) atoms. The smallest absolute Gasteiger partial charge is 0.282 e. The lowest BCUT2D eigenvalue weighted by Crippen LogP contribution is -2.47. The molecular formula is C23H23ClN2O4. The summed E-state index contributed by atoms with van der Waals surface area (Å²) in [6, 6.07) is 13.9. The lowest BCUT2D eigenvalue weighted by molar-refractivity contribution is -0.121. The van der Waals surface area contributed by atoms with Crippen molar-refractivity contribution in [3.63, 3.8) is 0 Å². The lowest BCUT2D eigenvalue weighted by Gasteiger charge is -2.37. The fraction of sp³-hybridized carbons (Fsp3) is 0.304. The Bertz CT molecular complexity index is 1010. The van der Waals surface area contributed by atoms with Crippen LogP contribution in [0.2, 0.25) is 5.02 Å². The Labute approximate surface area is 180 Å². The first-order valence-corrected chi connectivity index (χ1v) is 10.2. The van der Waals surface area contributed by atoms with E-state index in [-0.39, 0.29) is 24.0 Å². The summed E-state index contributed by atoms with van der Waals surface area (Å²) < 4.78 is 11.1. The van der Waals surface area contributed by atoms with E-state index in [1.54, 1.807) is 55.6 Å². The second-order valence-electron chi connectivity index (χ2n) is 7.54. The highest BCUT2D eigenvalue weighted by atomic mass is 35.5. The number of methoxy groups -OCH3 is 1. The Morgan fingerprint density at radius 1 is 1.00 bits per heavy atom. The van der Waals surface area contributed by atoms with E-state index in [0.29, 0.717) is 46.4 Å². The van der Waals surface area contributed by atoms with Crippen LogP contribution in [0.15, 0.2) is 54.2 Å². The molecule has 0 spiro atoms. The summed E-state index contributed by atoms with van der Waals surface area (Å²) in [4.78, 5) is 30.2. The Balaban J connectivity index is 1.83. The molecule has 2 unspecified atom stereocenters. The summed E-state index contributed by atoms with van der Waals surface area (Å²) in [6.45, 7) is 4.99. The van der Waals surface area contributed by atoms with Crippen molar-refractivity contribution >= 4 is 34.7 Å². The molecule has 0 bridgehead atoms. The number of carbonyl (C=O) groups is 2. The number of morpholine rings is 1. The van der Waals surface area contributed by atoms with Gasteiger partial charge in [-0.2, -0.15) is 0 Å². The van der Waals surface area contributed by atoms with Gasteiger partial charge in [0.2, 0.25) is 0 Å². The van der Waals surface area contributed by atoms with Crippen LogP contribution in [0.4, 0.5) is 5.69 Å². The Kier molecular flexibility index (Phi) is 5.54. The number of nitrogens with zero attached hydrogens (tertiary/aromatic N) is 2. The van der Waals surface area contributed by atoms with Crippen LogP contribution in [-0.4, -0.2) is 49.1 Å². The lowest BCUT2D eigenvalue weighted by atomic mass is 10.0. The van der Waals surface area contributed by atoms with E-state index in [2.05, 4.69) is 0 Å². The predicted molar refractivity (Wildman–Crippen MR) is 115 cm³/mol. The highest BCUT2D eigenvalue weighted by Gasteiger charge is 2.43. The normalized spacial score (nSPS) is 22.1. The van der Waals surface area contributed by atoms with Crippen LogP contribution >= 0.6 is 11.6 Å². The molecule has 0 N–H and O–H groups in total. The molecular weight excluding hydrogens is 404 g/mol. The van der Waals surface area contributed by atoms with Gasteiger partial charge in [-0.3, -0.25) is 9.59 Å². The molecule has 2 heterocycles. The fourth-order valence-corrected chi connectivity index (χ4v) is 4.22. The summed E-state index contributed by atoms with van der Waals surface area (Å²) in [6.07, 6.45) is -0.108. The summed E-state index contributed by atoms with van der Waals surface area (Å²) in [5.41, 5.74) is 1.89. The van der Waals surface area contributed by atoms with Gasteiger partial charge in [-0.15, -0.1) is 0 Å². The highest BCUT2D eigenvalue weighted by Crippen LogP contribution is 2.37. The van der Waals surface area contributed by atoms with Gasteiger partial charge in [-0.05, 0) is 49.7 Å². The number of ether oxygens (including phenoxy) is 2. The van der Waals surface area contributed by atoms with Gasteiger partial charge in [-0.1, -0.05) is 29.8 Å². The third kappa shape index (κ3) is 3.68. The quantitative estimate of drug-likeness (QED) is 0.697. The minimum absolute atomic E-state index is 0.0542. The van der Waals surface area contributed by atoms with Gasteiger partial charge in [0.25, 0.3) is 11.8 Å². The molecule has 156 valence electrons. The first-order chi connectivity index (χ1) is 14.4. The minimum atomic E-state index is -0.366. The fourth-order valence-electron chi connectivity index (χ4n) is 4.04. The zero-order valence-electron chi connectivity index (χ0n) is 17.1. The van der Waals surface area contributed by atoms with Crippen molar-refractivity contribution < 1.29 is 19.1 Å². The first-order valence-electron chi connectivity index (χ1n) is 9.82. The molecule has 2 atom stereocenters. The van der Waals surface area contributed by atoms with E-state index in [0.717, 1.165) is 0 Å². The highest BCUT2D eigenvalue weighted by molar-refractivity contribution is 6.45. The van der Waals surface area contributed by atoms with Crippen molar-refractivity contribution in [1.29, 1.82) is 0 Å². The number of halogens is 1. The van der Waals surface area contributed by atoms with Gasteiger partial charge in [-0.25, -0.2) is 4.90 Å². The average molecular weight is 427 g/mol. The van der Waals surface area contributed by atoms with Crippen LogP contribution in [0.3, 0.4) is 0 Å². The van der Waals surface area contributed by atoms with Gasteiger partial charge >= 0.3 is 0 Å². The monoisotopic (exact) mass is 426 g/mol. The van der Waals surface area contributed by atoms with E-state index in [9.17, 15) is 9.59 Å². The number of hydrogen-bond donors (Lipinski definition) is 0. The molecule has 0 saturated carbocycles. The predicted octanol–water partition coefficient (Wildman–Crippen LogP) is 3.74. The zero-order valence-corrected chi connectivity index (χ0v) is 17.8. The van der Waals surface area contributed by atoms with Gasteiger partial charge in [0.1, 0.15) is 11.4 Å². The van der Waals surface area contributed by atoms with Gasteiger partial charge in [0.15, 0.2) is 0 Å². The van der Waals surface area contributed by atoms with E-state index in [1.807, 2.05) is 18.7 Å². The second-order valence-corrected chi connectivity index (χ2v) is 7.98. The van der Waals surface area contributed by atoms with Crippen molar-refractivity contribution in [3.8, 4) is 5.75 Å². The van der Waals surface area contributed by atoms with Crippen LogP contribution < -0.4 is 9.64 Å². The van der Waals surface area contributed by atoms with Crippen LogP contribution in [0.5, 0.6) is 5.75 Å². The van der Waals surface area contributed by atoms with Crippen molar-refractivity contribution in [1.82, 2.24) is 4.90 Å². The average Bonchev–Trinajstić information content (AvgIpc) is 2.97. The van der Waals surface area contributed by atoms with Crippen molar-refractivity contribution in [2.24, 2.45) is 0 Å². The molecule has 0 aromatic heterocycles. The molecule has 2 aliphatic heterocycles. The maximum atomic E-state index is 13.5. The van der Waals surface area contributed by atoms with Gasteiger partial charge < -0.3 is 14.4 Å². The topological polar surface area (TPSA) is 59.1 Å². The van der Waals surface area contributed by atoms with Gasteiger partial charge in [0.05, 0.1) is 30.6 Å². The Morgan fingerprint density at radius 2 is 1.67 bits per heavy atom. The number of benzene rings is 2. The molecule has 2 aromatic rings. The SMILES string of the molecule is COc1ccc(C2=C(N3CC(C)OC(C)C3)C(=O)N(c3cccc(Cl)c3)C2=O)cc1. The third-order valence-corrected chi connectivity index (χ3v) is 5.48. The Hall–Kier alpha value is -2.83. The van der Waals surface area contributed by atoms with Gasteiger partial charge in [0, 0.05) is 18.1 Å². The summed E-state index contributed by atoms with van der Waals surface area (Å²) in [5.74, 6) is -0.0402. The summed E-state index contributed by atoms with van der Waals surface area (Å²) in [5, 5.41) is 0.459. The van der Waals surface area contributed by atoms with E-state index in [4.69, 9.17) is 21.1 Å². The number of anilines is 1. The molecule has 6 nitrogen and oxygen atoms in total. The Morgan fingerprint density at radius 3 is 2.27 bits per heavy atom. The van der Waals surface area contributed by atoms with E-state index in [1.165, 1.54) is 4.90 Å². The number of carbonyl (C=O) groups excluding carboxylic acids is 2. The molecule has 2 amide bonds. The van der Waals surface area contributed by atoms with E-state index < -0.39 is 0 Å². The standard InChI is InChI=1S/C23H23ClN2O4/c1-14-12-25(13-15(2)30-14)21-20(16-7-9-19(29-3)10-8-16)22(27)26(23(21)28)18-6-4-5-17(24)11-18/h4-11,14-15H,12-13H2,1-3H3. The maximum Gasteiger partial charge on any atom is 0.282 e. The second kappa shape index (κ2) is 8.13. The van der Waals surface area contributed by atoms with Crippen LogP contribution in [0.1, 0.15) is 19.4 Å². The molecule has 1 saturated heterocycles.